The maximum absolute atomic E-state index is 11.1. The summed E-state index contributed by atoms with van der Waals surface area (Å²) >= 11 is 0. The number of benzene rings is 1. The van der Waals surface area contributed by atoms with Crippen molar-refractivity contribution in [2.45, 2.75) is 45.8 Å². The Labute approximate surface area is 108 Å². The minimum absolute atomic E-state index is 0.313. The molecule has 0 saturated carbocycles. The monoisotopic (exact) mass is 248 g/mol. The fourth-order valence-corrected chi connectivity index (χ4v) is 2.65. The number of hydrogen-bond donors (Lipinski definition) is 1. The lowest BCUT2D eigenvalue weighted by atomic mass is 9.58. The van der Waals surface area contributed by atoms with E-state index >= 15 is 0 Å². The molecule has 3 nitrogen and oxygen atoms in total. The summed E-state index contributed by atoms with van der Waals surface area (Å²) in [7, 11) is 0. The number of ether oxygens (including phenoxy) is 1. The molecule has 0 heterocycles. The summed E-state index contributed by atoms with van der Waals surface area (Å²) in [6.07, 6.45) is 0.273. The molecule has 0 fully saturated rings. The number of carbonyl (C=O) groups is 1. The third-order valence-corrected chi connectivity index (χ3v) is 4.33. The van der Waals surface area contributed by atoms with Gasteiger partial charge < -0.3 is 9.84 Å². The normalized spacial score (nSPS) is 23.8. The van der Waals surface area contributed by atoms with Crippen molar-refractivity contribution in [2.24, 2.45) is 5.41 Å². The molecule has 18 heavy (non-hydrogen) atoms. The standard InChI is InChI=1S/C15H20O3/c1-10(18-11(2)16)14(3,4)15(17)9-12-7-5-6-8-13(12)15/h5-8,10,17H,9H2,1-4H3/t10-,15+/m0/s1. The summed E-state index contributed by atoms with van der Waals surface area (Å²) in [6.45, 7) is 7.11. The molecule has 3 heteroatoms. The molecule has 2 atom stereocenters. The zero-order valence-corrected chi connectivity index (χ0v) is 11.4. The highest BCUT2D eigenvalue weighted by Gasteiger charge is 2.55. The van der Waals surface area contributed by atoms with E-state index in [-0.39, 0.29) is 12.1 Å². The highest BCUT2D eigenvalue weighted by molar-refractivity contribution is 5.66. The molecular formula is C15H20O3. The van der Waals surface area contributed by atoms with Gasteiger partial charge in [0.15, 0.2) is 0 Å². The number of carbonyl (C=O) groups excluding carboxylic acids is 1. The van der Waals surface area contributed by atoms with Crippen LogP contribution < -0.4 is 0 Å². The Kier molecular flexibility index (Phi) is 2.98. The number of rotatable bonds is 3. The van der Waals surface area contributed by atoms with E-state index in [1.165, 1.54) is 12.5 Å². The van der Waals surface area contributed by atoms with Crippen LogP contribution in [0.15, 0.2) is 24.3 Å². The summed E-state index contributed by atoms with van der Waals surface area (Å²) in [4.78, 5) is 11.1. The van der Waals surface area contributed by atoms with Gasteiger partial charge in [-0.3, -0.25) is 4.79 Å². The first kappa shape index (κ1) is 13.1. The summed E-state index contributed by atoms with van der Waals surface area (Å²) in [6, 6.07) is 7.87. The van der Waals surface area contributed by atoms with Crippen molar-refractivity contribution >= 4 is 5.97 Å². The molecule has 1 aromatic rings. The van der Waals surface area contributed by atoms with Crippen LogP contribution in [-0.2, 0) is 21.6 Å². The molecule has 98 valence electrons. The van der Waals surface area contributed by atoms with Crippen molar-refractivity contribution in [3.8, 4) is 0 Å². The van der Waals surface area contributed by atoms with Crippen LogP contribution in [0, 0.1) is 5.41 Å². The van der Waals surface area contributed by atoms with Gasteiger partial charge in [-0.05, 0) is 18.1 Å². The summed E-state index contributed by atoms with van der Waals surface area (Å²) in [5.74, 6) is -0.313. The van der Waals surface area contributed by atoms with Gasteiger partial charge in [-0.15, -0.1) is 0 Å². The first-order valence-electron chi connectivity index (χ1n) is 6.27. The number of esters is 1. The maximum atomic E-state index is 11.1. The zero-order chi connectivity index (χ0) is 13.6. The van der Waals surface area contributed by atoms with Crippen molar-refractivity contribution in [2.75, 3.05) is 0 Å². The van der Waals surface area contributed by atoms with Crippen LogP contribution in [0.1, 0.15) is 38.8 Å². The quantitative estimate of drug-likeness (QED) is 0.836. The van der Waals surface area contributed by atoms with Gasteiger partial charge in [-0.1, -0.05) is 38.1 Å². The minimum atomic E-state index is -0.918. The minimum Gasteiger partial charge on any atom is -0.462 e. The molecule has 1 aliphatic carbocycles. The van der Waals surface area contributed by atoms with E-state index in [0.717, 1.165) is 5.56 Å². The third kappa shape index (κ3) is 1.74. The third-order valence-electron chi connectivity index (χ3n) is 4.33. The van der Waals surface area contributed by atoms with Crippen LogP contribution >= 0.6 is 0 Å². The number of hydrogen-bond acceptors (Lipinski definition) is 3. The summed E-state index contributed by atoms with van der Waals surface area (Å²) < 4.78 is 5.25. The van der Waals surface area contributed by atoms with Crippen molar-refractivity contribution in [3.63, 3.8) is 0 Å². The molecule has 2 rings (SSSR count). The van der Waals surface area contributed by atoms with Gasteiger partial charge >= 0.3 is 5.97 Å². The molecule has 0 radical (unpaired) electrons. The predicted octanol–water partition coefficient (Wildman–Crippen LogP) is 2.41. The van der Waals surface area contributed by atoms with E-state index in [0.29, 0.717) is 6.42 Å². The number of aliphatic hydroxyl groups is 1. The maximum Gasteiger partial charge on any atom is 0.302 e. The summed E-state index contributed by atoms with van der Waals surface area (Å²) in [5, 5.41) is 10.9. The molecule has 1 N–H and O–H groups in total. The lowest BCUT2D eigenvalue weighted by Crippen LogP contribution is -2.55. The second-order valence-corrected chi connectivity index (χ2v) is 5.67. The summed E-state index contributed by atoms with van der Waals surface area (Å²) in [5.41, 5.74) is 0.683. The average molecular weight is 248 g/mol. The Morgan fingerprint density at radius 3 is 2.61 bits per heavy atom. The van der Waals surface area contributed by atoms with Crippen molar-refractivity contribution in [3.05, 3.63) is 35.4 Å². The molecule has 1 aromatic carbocycles. The van der Waals surface area contributed by atoms with Crippen molar-refractivity contribution < 1.29 is 14.6 Å². The van der Waals surface area contributed by atoms with Crippen LogP contribution in [-0.4, -0.2) is 17.2 Å². The van der Waals surface area contributed by atoms with Crippen LogP contribution in [0.2, 0.25) is 0 Å². The van der Waals surface area contributed by atoms with Gasteiger partial charge in [0.2, 0.25) is 0 Å². The molecule has 0 aliphatic heterocycles. The van der Waals surface area contributed by atoms with Gasteiger partial charge in [-0.2, -0.15) is 0 Å². The van der Waals surface area contributed by atoms with Gasteiger partial charge in [0.05, 0.1) is 0 Å². The van der Waals surface area contributed by atoms with Gasteiger partial charge in [0, 0.05) is 18.8 Å². The first-order chi connectivity index (χ1) is 8.29. The smallest absolute Gasteiger partial charge is 0.302 e. The molecule has 0 aromatic heterocycles. The second kappa shape index (κ2) is 4.09. The van der Waals surface area contributed by atoms with Gasteiger partial charge in [0.1, 0.15) is 11.7 Å². The van der Waals surface area contributed by atoms with E-state index in [2.05, 4.69) is 0 Å². The van der Waals surface area contributed by atoms with E-state index in [1.54, 1.807) is 0 Å². The lowest BCUT2D eigenvalue weighted by Gasteiger charge is -2.52. The largest absolute Gasteiger partial charge is 0.462 e. The van der Waals surface area contributed by atoms with Crippen LogP contribution in [0.3, 0.4) is 0 Å². The van der Waals surface area contributed by atoms with E-state index in [4.69, 9.17) is 4.74 Å². The van der Waals surface area contributed by atoms with Crippen LogP contribution in [0.4, 0.5) is 0 Å². The van der Waals surface area contributed by atoms with Crippen LogP contribution in [0.25, 0.3) is 0 Å². The molecular weight excluding hydrogens is 228 g/mol. The Bertz CT molecular complexity index is 478. The van der Waals surface area contributed by atoms with Crippen molar-refractivity contribution in [1.29, 1.82) is 0 Å². The highest BCUT2D eigenvalue weighted by Crippen LogP contribution is 2.52. The van der Waals surface area contributed by atoms with E-state index in [1.807, 2.05) is 45.0 Å². The first-order valence-corrected chi connectivity index (χ1v) is 6.27. The fourth-order valence-electron chi connectivity index (χ4n) is 2.65. The van der Waals surface area contributed by atoms with Gasteiger partial charge in [-0.25, -0.2) is 0 Å². The Morgan fingerprint density at radius 2 is 2.06 bits per heavy atom. The molecule has 0 unspecified atom stereocenters. The Hall–Kier alpha value is -1.35. The van der Waals surface area contributed by atoms with Crippen molar-refractivity contribution in [1.82, 2.24) is 0 Å². The highest BCUT2D eigenvalue weighted by atomic mass is 16.5. The fraction of sp³-hybridized carbons (Fsp3) is 0.533. The Balaban J connectivity index is 2.29. The molecule has 0 amide bonds. The van der Waals surface area contributed by atoms with Crippen LogP contribution in [0.5, 0.6) is 0 Å². The van der Waals surface area contributed by atoms with E-state index in [9.17, 15) is 9.90 Å². The SMILES string of the molecule is CC(=O)O[C@@H](C)C(C)(C)[C@@]1(O)Cc2ccccc21. The second-order valence-electron chi connectivity index (χ2n) is 5.67. The lowest BCUT2D eigenvalue weighted by molar-refractivity contribution is -0.175. The Morgan fingerprint density at radius 1 is 1.44 bits per heavy atom. The van der Waals surface area contributed by atoms with E-state index < -0.39 is 11.0 Å². The molecule has 1 aliphatic rings. The topological polar surface area (TPSA) is 46.5 Å². The average Bonchev–Trinajstić information content (AvgIpc) is 2.26. The predicted molar refractivity (Wildman–Crippen MR) is 69.1 cm³/mol. The zero-order valence-electron chi connectivity index (χ0n) is 11.4. The molecule has 0 saturated heterocycles. The molecule has 0 bridgehead atoms. The van der Waals surface area contributed by atoms with Gasteiger partial charge in [0.25, 0.3) is 0 Å². The number of fused-ring (bicyclic) bond motifs is 1. The molecule has 0 spiro atoms.